The SMILES string of the molecule is COC(C)CNC(=O)c1ccc([N+](=O)[O-])c(O)c1. The summed E-state index contributed by atoms with van der Waals surface area (Å²) in [4.78, 5) is 21.4. The quantitative estimate of drug-likeness (QED) is 0.604. The molecule has 0 aliphatic rings. The van der Waals surface area contributed by atoms with Gasteiger partial charge in [0.05, 0.1) is 11.0 Å². The normalized spacial score (nSPS) is 11.9. The number of nitro benzene ring substituents is 1. The lowest BCUT2D eigenvalue weighted by atomic mass is 10.1. The van der Waals surface area contributed by atoms with E-state index in [2.05, 4.69) is 5.32 Å². The van der Waals surface area contributed by atoms with E-state index in [4.69, 9.17) is 4.74 Å². The largest absolute Gasteiger partial charge is 0.502 e. The highest BCUT2D eigenvalue weighted by Crippen LogP contribution is 2.26. The summed E-state index contributed by atoms with van der Waals surface area (Å²) in [6.07, 6.45) is -0.138. The molecule has 0 fully saturated rings. The summed E-state index contributed by atoms with van der Waals surface area (Å²) in [5, 5.41) is 22.5. The molecule has 0 radical (unpaired) electrons. The number of rotatable bonds is 5. The maximum atomic E-state index is 11.7. The third-order valence-corrected chi connectivity index (χ3v) is 2.39. The molecule has 1 aromatic rings. The number of nitrogens with zero attached hydrogens (tertiary/aromatic N) is 1. The zero-order chi connectivity index (χ0) is 13.7. The van der Waals surface area contributed by atoms with E-state index in [1.807, 2.05) is 0 Å². The molecule has 2 N–H and O–H groups in total. The number of aromatic hydroxyl groups is 1. The predicted octanol–water partition coefficient (Wildman–Crippen LogP) is 1.07. The van der Waals surface area contributed by atoms with Crippen LogP contribution >= 0.6 is 0 Å². The van der Waals surface area contributed by atoms with Crippen molar-refractivity contribution >= 4 is 11.6 Å². The molecule has 1 rings (SSSR count). The molecule has 0 heterocycles. The minimum absolute atomic E-state index is 0.138. The number of nitrogens with one attached hydrogen (secondary N) is 1. The lowest BCUT2D eigenvalue weighted by molar-refractivity contribution is -0.385. The summed E-state index contributed by atoms with van der Waals surface area (Å²) < 4.78 is 4.96. The monoisotopic (exact) mass is 254 g/mol. The first-order chi connectivity index (χ1) is 8.45. The molecule has 1 unspecified atom stereocenters. The van der Waals surface area contributed by atoms with E-state index in [0.717, 1.165) is 12.1 Å². The van der Waals surface area contributed by atoms with Crippen molar-refractivity contribution in [1.29, 1.82) is 0 Å². The highest BCUT2D eigenvalue weighted by Gasteiger charge is 2.16. The molecule has 0 bridgehead atoms. The van der Waals surface area contributed by atoms with Crippen LogP contribution in [0.3, 0.4) is 0 Å². The minimum atomic E-state index is -0.718. The van der Waals surface area contributed by atoms with Crippen LogP contribution in [0.1, 0.15) is 17.3 Å². The molecule has 1 amide bonds. The summed E-state index contributed by atoms with van der Waals surface area (Å²) in [7, 11) is 1.52. The fourth-order valence-corrected chi connectivity index (χ4v) is 1.24. The maximum absolute atomic E-state index is 11.7. The Morgan fingerprint density at radius 2 is 2.28 bits per heavy atom. The highest BCUT2D eigenvalue weighted by atomic mass is 16.6. The van der Waals surface area contributed by atoms with E-state index < -0.39 is 22.3 Å². The van der Waals surface area contributed by atoms with E-state index in [1.165, 1.54) is 13.2 Å². The molecule has 7 nitrogen and oxygen atoms in total. The van der Waals surface area contributed by atoms with Gasteiger partial charge in [-0.3, -0.25) is 14.9 Å². The van der Waals surface area contributed by atoms with Crippen molar-refractivity contribution in [2.45, 2.75) is 13.0 Å². The summed E-state index contributed by atoms with van der Waals surface area (Å²) in [5.41, 5.74) is -0.279. The van der Waals surface area contributed by atoms with Crippen LogP contribution in [0.4, 0.5) is 5.69 Å². The Balaban J connectivity index is 2.76. The van der Waals surface area contributed by atoms with Crippen LogP contribution in [0.25, 0.3) is 0 Å². The third-order valence-electron chi connectivity index (χ3n) is 2.39. The number of ether oxygens (including phenoxy) is 1. The van der Waals surface area contributed by atoms with Crippen molar-refractivity contribution in [3.05, 3.63) is 33.9 Å². The molecule has 0 saturated carbocycles. The number of carbonyl (C=O) groups excluding carboxylic acids is 1. The van der Waals surface area contributed by atoms with Crippen molar-refractivity contribution in [3.63, 3.8) is 0 Å². The summed E-state index contributed by atoms with van der Waals surface area (Å²) >= 11 is 0. The van der Waals surface area contributed by atoms with Gasteiger partial charge in [-0.2, -0.15) is 0 Å². The topological polar surface area (TPSA) is 102 Å². The van der Waals surface area contributed by atoms with Gasteiger partial charge in [-0.1, -0.05) is 0 Å². The number of benzene rings is 1. The number of phenolic OH excluding ortho intramolecular Hbond substituents is 1. The van der Waals surface area contributed by atoms with Gasteiger partial charge in [0.25, 0.3) is 5.91 Å². The van der Waals surface area contributed by atoms with Gasteiger partial charge in [-0.05, 0) is 19.1 Å². The van der Waals surface area contributed by atoms with Crippen LogP contribution in [-0.2, 0) is 4.74 Å². The lowest BCUT2D eigenvalue weighted by Gasteiger charge is -2.10. The van der Waals surface area contributed by atoms with Crippen LogP contribution in [0.15, 0.2) is 18.2 Å². The molecule has 0 spiro atoms. The number of carbonyl (C=O) groups is 1. The highest BCUT2D eigenvalue weighted by molar-refractivity contribution is 5.95. The van der Waals surface area contributed by atoms with Crippen LogP contribution in [0, 0.1) is 10.1 Å². The van der Waals surface area contributed by atoms with E-state index in [-0.39, 0.29) is 11.7 Å². The average Bonchev–Trinajstić information content (AvgIpc) is 2.34. The van der Waals surface area contributed by atoms with Gasteiger partial charge in [0, 0.05) is 25.3 Å². The summed E-state index contributed by atoms with van der Waals surface area (Å²) in [6, 6.07) is 3.43. The Kier molecular flexibility index (Phi) is 4.61. The number of methoxy groups -OCH3 is 1. The van der Waals surface area contributed by atoms with Gasteiger partial charge in [0.2, 0.25) is 0 Å². The number of phenols is 1. The molecule has 1 atom stereocenters. The predicted molar refractivity (Wildman–Crippen MR) is 63.6 cm³/mol. The molecule has 0 aliphatic heterocycles. The second-order valence-electron chi connectivity index (χ2n) is 3.72. The van der Waals surface area contributed by atoms with Crippen LogP contribution in [-0.4, -0.2) is 35.7 Å². The maximum Gasteiger partial charge on any atom is 0.310 e. The number of hydrogen-bond acceptors (Lipinski definition) is 5. The molecule has 1 aromatic carbocycles. The standard InChI is InChI=1S/C11H14N2O5/c1-7(18-2)6-12-11(15)8-3-4-9(13(16)17)10(14)5-8/h3-5,7,14H,6H2,1-2H3,(H,12,15). The molecule has 7 heteroatoms. The number of nitro groups is 1. The van der Waals surface area contributed by atoms with E-state index in [9.17, 15) is 20.0 Å². The van der Waals surface area contributed by atoms with Crippen LogP contribution < -0.4 is 5.32 Å². The van der Waals surface area contributed by atoms with Gasteiger partial charge in [0.1, 0.15) is 0 Å². The van der Waals surface area contributed by atoms with Gasteiger partial charge in [-0.25, -0.2) is 0 Å². The van der Waals surface area contributed by atoms with E-state index in [0.29, 0.717) is 6.54 Å². The Morgan fingerprint density at radius 3 is 2.78 bits per heavy atom. The van der Waals surface area contributed by atoms with Gasteiger partial charge < -0.3 is 15.2 Å². The first-order valence-corrected chi connectivity index (χ1v) is 5.24. The molecular weight excluding hydrogens is 240 g/mol. The van der Waals surface area contributed by atoms with Crippen molar-refractivity contribution in [3.8, 4) is 5.75 Å². The smallest absolute Gasteiger partial charge is 0.310 e. The molecule has 18 heavy (non-hydrogen) atoms. The summed E-state index contributed by atoms with van der Waals surface area (Å²) in [5.74, 6) is -0.962. The van der Waals surface area contributed by atoms with Crippen molar-refractivity contribution in [1.82, 2.24) is 5.32 Å². The molecule has 0 aliphatic carbocycles. The minimum Gasteiger partial charge on any atom is -0.502 e. The first-order valence-electron chi connectivity index (χ1n) is 5.24. The fraction of sp³-hybridized carbons (Fsp3) is 0.364. The second kappa shape index (κ2) is 5.97. The number of hydrogen-bond donors (Lipinski definition) is 2. The first kappa shape index (κ1) is 13.9. The lowest BCUT2D eigenvalue weighted by Crippen LogP contribution is -2.31. The Bertz CT molecular complexity index is 461. The molecular formula is C11H14N2O5. The van der Waals surface area contributed by atoms with Crippen molar-refractivity contribution < 1.29 is 19.6 Å². The van der Waals surface area contributed by atoms with Crippen molar-refractivity contribution in [2.24, 2.45) is 0 Å². The van der Waals surface area contributed by atoms with Crippen LogP contribution in [0.2, 0.25) is 0 Å². The van der Waals surface area contributed by atoms with E-state index in [1.54, 1.807) is 6.92 Å². The second-order valence-corrected chi connectivity index (χ2v) is 3.72. The van der Waals surface area contributed by atoms with Gasteiger partial charge in [0.15, 0.2) is 5.75 Å². The molecule has 0 saturated heterocycles. The van der Waals surface area contributed by atoms with Crippen molar-refractivity contribution in [2.75, 3.05) is 13.7 Å². The summed E-state index contributed by atoms with van der Waals surface area (Å²) in [6.45, 7) is 2.10. The third kappa shape index (κ3) is 3.42. The molecule has 0 aromatic heterocycles. The Labute approximate surface area is 104 Å². The fourth-order valence-electron chi connectivity index (χ4n) is 1.24. The number of amides is 1. The molecule has 98 valence electrons. The Hall–Kier alpha value is -2.15. The van der Waals surface area contributed by atoms with Gasteiger partial charge in [-0.15, -0.1) is 0 Å². The zero-order valence-electron chi connectivity index (χ0n) is 10.0. The average molecular weight is 254 g/mol. The van der Waals surface area contributed by atoms with Crippen LogP contribution in [0.5, 0.6) is 5.75 Å². The van der Waals surface area contributed by atoms with E-state index >= 15 is 0 Å². The Morgan fingerprint density at radius 1 is 1.61 bits per heavy atom. The van der Waals surface area contributed by atoms with Gasteiger partial charge >= 0.3 is 5.69 Å². The zero-order valence-corrected chi connectivity index (χ0v) is 10.0.